The van der Waals surface area contributed by atoms with Gasteiger partial charge in [0.05, 0.1) is 21.5 Å². The molecule has 0 spiro atoms. The highest BCUT2D eigenvalue weighted by Crippen LogP contribution is 2.36. The maximum absolute atomic E-state index is 14.5. The number of pyridine rings is 1. The molecule has 0 saturated carbocycles. The summed E-state index contributed by atoms with van der Waals surface area (Å²) in [5, 5.41) is 2.43. The molecule has 7 nitrogen and oxygen atoms in total. The van der Waals surface area contributed by atoms with Gasteiger partial charge in [0.25, 0.3) is 5.91 Å². The van der Waals surface area contributed by atoms with E-state index in [1.807, 2.05) is 4.90 Å². The Balaban J connectivity index is 1.57. The third kappa shape index (κ3) is 4.16. The maximum atomic E-state index is 14.5. The van der Waals surface area contributed by atoms with Gasteiger partial charge in [-0.15, -0.1) is 11.3 Å². The van der Waals surface area contributed by atoms with Crippen molar-refractivity contribution >= 4 is 45.3 Å². The number of carbonyl (C=O) groups excluding carboxylic acids is 3. The van der Waals surface area contributed by atoms with Gasteiger partial charge in [0.15, 0.2) is 11.6 Å². The SMILES string of the molecule is O=CCC(=O)Nc1ccc(Oc2ccnc3cc(C(=O)N4CCCC4)sc23)c(F)c1. The average Bonchev–Trinajstić information content (AvgIpc) is 3.40. The van der Waals surface area contributed by atoms with Crippen LogP contribution in [0.1, 0.15) is 28.9 Å². The van der Waals surface area contributed by atoms with Crippen LogP contribution in [0.2, 0.25) is 0 Å². The molecule has 1 N–H and O–H groups in total. The van der Waals surface area contributed by atoms with Crippen molar-refractivity contribution in [3.8, 4) is 11.5 Å². The Morgan fingerprint density at radius 3 is 2.73 bits per heavy atom. The molecule has 0 unspecified atom stereocenters. The van der Waals surface area contributed by atoms with Crippen molar-refractivity contribution in [3.63, 3.8) is 0 Å². The number of carbonyl (C=O) groups is 3. The zero-order valence-electron chi connectivity index (χ0n) is 15.9. The van der Waals surface area contributed by atoms with Crippen LogP contribution < -0.4 is 10.1 Å². The number of amides is 2. The molecule has 2 aromatic heterocycles. The monoisotopic (exact) mass is 427 g/mol. The van der Waals surface area contributed by atoms with Gasteiger partial charge in [-0.25, -0.2) is 4.39 Å². The molecule has 4 rings (SSSR count). The third-order valence-corrected chi connectivity index (χ3v) is 5.81. The van der Waals surface area contributed by atoms with Gasteiger partial charge in [-0.1, -0.05) is 0 Å². The lowest BCUT2D eigenvalue weighted by atomic mass is 10.2. The number of benzene rings is 1. The summed E-state index contributed by atoms with van der Waals surface area (Å²) in [4.78, 5) is 41.2. The summed E-state index contributed by atoms with van der Waals surface area (Å²) in [5.74, 6) is -0.863. The molecule has 0 aliphatic carbocycles. The van der Waals surface area contributed by atoms with Gasteiger partial charge in [-0.3, -0.25) is 14.6 Å². The average molecular weight is 427 g/mol. The minimum absolute atomic E-state index is 0.0250. The number of fused-ring (bicyclic) bond motifs is 1. The zero-order chi connectivity index (χ0) is 21.1. The largest absolute Gasteiger partial charge is 0.453 e. The van der Waals surface area contributed by atoms with E-state index < -0.39 is 11.7 Å². The molecule has 154 valence electrons. The summed E-state index contributed by atoms with van der Waals surface area (Å²) >= 11 is 1.27. The van der Waals surface area contributed by atoms with Crippen LogP contribution in [0, 0.1) is 5.82 Å². The summed E-state index contributed by atoms with van der Waals surface area (Å²) in [6.45, 7) is 1.51. The summed E-state index contributed by atoms with van der Waals surface area (Å²) < 4.78 is 20.9. The standard InChI is InChI=1S/C21H18FN3O4S/c22-14-11-13(24-19(27)6-10-26)3-4-16(14)29-17-5-7-23-15-12-18(30-20(15)17)21(28)25-8-1-2-9-25/h3-5,7,10-12H,1-2,6,8-9H2,(H,24,27). The lowest BCUT2D eigenvalue weighted by molar-refractivity contribution is -0.119. The lowest BCUT2D eigenvalue weighted by Gasteiger charge is -2.13. The number of nitrogens with one attached hydrogen (secondary N) is 1. The predicted molar refractivity (Wildman–Crippen MR) is 111 cm³/mol. The molecule has 3 heterocycles. The van der Waals surface area contributed by atoms with E-state index in [0.29, 0.717) is 27.1 Å². The van der Waals surface area contributed by atoms with Gasteiger partial charge >= 0.3 is 0 Å². The van der Waals surface area contributed by atoms with E-state index in [1.54, 1.807) is 18.3 Å². The molecular formula is C21H18FN3O4S. The number of thiophene rings is 1. The molecule has 9 heteroatoms. The molecular weight excluding hydrogens is 409 g/mol. The molecule has 1 aromatic carbocycles. The fourth-order valence-corrected chi connectivity index (χ4v) is 4.28. The number of aromatic nitrogens is 1. The Hall–Kier alpha value is -3.33. The van der Waals surface area contributed by atoms with Gasteiger partial charge < -0.3 is 19.7 Å². The van der Waals surface area contributed by atoms with E-state index in [-0.39, 0.29) is 23.8 Å². The Kier molecular flexibility index (Phi) is 5.71. The van der Waals surface area contributed by atoms with Gasteiger partial charge in [0.2, 0.25) is 5.91 Å². The van der Waals surface area contributed by atoms with Crippen molar-refractivity contribution in [3.05, 3.63) is 47.2 Å². The van der Waals surface area contributed by atoms with Crippen LogP contribution in [0.4, 0.5) is 10.1 Å². The molecule has 2 amide bonds. The van der Waals surface area contributed by atoms with Crippen molar-refractivity contribution in [1.29, 1.82) is 0 Å². The number of anilines is 1. The van der Waals surface area contributed by atoms with Crippen LogP contribution in [0.15, 0.2) is 36.5 Å². The topological polar surface area (TPSA) is 88.6 Å². The van der Waals surface area contributed by atoms with Crippen LogP contribution in [0.25, 0.3) is 10.2 Å². The summed E-state index contributed by atoms with van der Waals surface area (Å²) in [6.07, 6.45) is 3.73. The van der Waals surface area contributed by atoms with Crippen LogP contribution in [0.3, 0.4) is 0 Å². The molecule has 1 aliphatic heterocycles. The zero-order valence-corrected chi connectivity index (χ0v) is 16.7. The summed E-state index contributed by atoms with van der Waals surface area (Å²) in [7, 11) is 0. The van der Waals surface area contributed by atoms with Crippen LogP contribution >= 0.6 is 11.3 Å². The fourth-order valence-electron chi connectivity index (χ4n) is 3.24. The van der Waals surface area contributed by atoms with Crippen LogP contribution in [-0.2, 0) is 9.59 Å². The second kappa shape index (κ2) is 8.58. The highest BCUT2D eigenvalue weighted by atomic mass is 32.1. The quantitative estimate of drug-likeness (QED) is 0.475. The molecule has 1 saturated heterocycles. The normalized spacial score (nSPS) is 13.4. The summed E-state index contributed by atoms with van der Waals surface area (Å²) in [5.41, 5.74) is 0.833. The van der Waals surface area contributed by atoms with E-state index in [0.717, 1.165) is 32.0 Å². The van der Waals surface area contributed by atoms with Crippen molar-refractivity contribution in [2.45, 2.75) is 19.3 Å². The highest BCUT2D eigenvalue weighted by molar-refractivity contribution is 7.21. The Labute approximate surface area is 175 Å². The van der Waals surface area contributed by atoms with E-state index in [2.05, 4.69) is 10.3 Å². The number of nitrogens with zero attached hydrogens (tertiary/aromatic N) is 2. The molecule has 0 atom stereocenters. The maximum Gasteiger partial charge on any atom is 0.264 e. The molecule has 0 bridgehead atoms. The first-order chi connectivity index (χ1) is 14.5. The Bertz CT molecular complexity index is 1120. The molecule has 0 radical (unpaired) electrons. The highest BCUT2D eigenvalue weighted by Gasteiger charge is 2.22. The number of hydrogen-bond acceptors (Lipinski definition) is 6. The first-order valence-corrected chi connectivity index (χ1v) is 10.3. The van der Waals surface area contributed by atoms with E-state index >= 15 is 0 Å². The smallest absolute Gasteiger partial charge is 0.264 e. The number of halogens is 1. The predicted octanol–water partition coefficient (Wildman–Crippen LogP) is 3.99. The number of rotatable bonds is 6. The van der Waals surface area contributed by atoms with Crippen molar-refractivity contribution < 1.29 is 23.5 Å². The number of hydrogen-bond donors (Lipinski definition) is 1. The fraction of sp³-hybridized carbons (Fsp3) is 0.238. The Morgan fingerprint density at radius 2 is 2.00 bits per heavy atom. The number of ether oxygens (including phenoxy) is 1. The minimum Gasteiger partial charge on any atom is -0.453 e. The van der Waals surface area contributed by atoms with E-state index in [9.17, 15) is 18.8 Å². The molecule has 1 fully saturated rings. The molecule has 30 heavy (non-hydrogen) atoms. The van der Waals surface area contributed by atoms with Gasteiger partial charge in [-0.05, 0) is 31.0 Å². The first kappa shape index (κ1) is 20.0. The second-order valence-electron chi connectivity index (χ2n) is 6.80. The van der Waals surface area contributed by atoms with Crippen molar-refractivity contribution in [2.24, 2.45) is 0 Å². The summed E-state index contributed by atoms with van der Waals surface area (Å²) in [6, 6.07) is 7.34. The molecule has 3 aromatic rings. The third-order valence-electron chi connectivity index (χ3n) is 4.68. The van der Waals surface area contributed by atoms with Crippen LogP contribution in [-0.4, -0.2) is 41.1 Å². The van der Waals surface area contributed by atoms with Crippen molar-refractivity contribution in [1.82, 2.24) is 9.88 Å². The lowest BCUT2D eigenvalue weighted by Crippen LogP contribution is -2.26. The number of aldehydes is 1. The van der Waals surface area contributed by atoms with Crippen LogP contribution in [0.5, 0.6) is 11.5 Å². The van der Waals surface area contributed by atoms with Crippen molar-refractivity contribution in [2.75, 3.05) is 18.4 Å². The van der Waals surface area contributed by atoms with Gasteiger partial charge in [-0.2, -0.15) is 0 Å². The minimum atomic E-state index is -0.672. The molecule has 1 aliphatic rings. The number of likely N-dealkylation sites (tertiary alicyclic amines) is 1. The first-order valence-electron chi connectivity index (χ1n) is 9.44. The second-order valence-corrected chi connectivity index (χ2v) is 7.85. The van der Waals surface area contributed by atoms with Gasteiger partial charge in [0.1, 0.15) is 12.0 Å². The van der Waals surface area contributed by atoms with E-state index in [4.69, 9.17) is 4.74 Å². The van der Waals surface area contributed by atoms with E-state index in [1.165, 1.54) is 23.5 Å². The Morgan fingerprint density at radius 1 is 1.20 bits per heavy atom. The van der Waals surface area contributed by atoms with Gasteiger partial charge in [0, 0.05) is 37.1 Å².